The molecular formula is C16H30N2O8Pt. The molecule has 0 saturated heterocycles. The van der Waals surface area contributed by atoms with Gasteiger partial charge in [-0.1, -0.05) is 32.3 Å². The van der Waals surface area contributed by atoms with Crippen LogP contribution in [0.1, 0.15) is 53.4 Å². The molecule has 0 aromatic carbocycles. The van der Waals surface area contributed by atoms with Crippen LogP contribution in [0.3, 0.4) is 0 Å². The van der Waals surface area contributed by atoms with Crippen molar-refractivity contribution < 1.29 is 60.7 Å². The normalized spacial score (nSPS) is 7.26. The van der Waals surface area contributed by atoms with Gasteiger partial charge in [0.15, 0.2) is 0 Å². The Balaban J connectivity index is -0.0000000570. The molecule has 11 heteroatoms. The Kier molecular flexibility index (Phi) is 47.4. The van der Waals surface area contributed by atoms with E-state index in [1.54, 1.807) is 13.8 Å². The number of carboxylic acids is 4. The van der Waals surface area contributed by atoms with Crippen LogP contribution in [0.5, 0.6) is 0 Å². The van der Waals surface area contributed by atoms with Gasteiger partial charge in [0.25, 0.3) is 0 Å². The maximum absolute atomic E-state index is 9.99. The predicted octanol–water partition coefficient (Wildman–Crippen LogP) is -3.96. The van der Waals surface area contributed by atoms with E-state index >= 15 is 0 Å². The average Bonchev–Trinajstić information content (AvgIpc) is 2.51. The summed E-state index contributed by atoms with van der Waals surface area (Å²) in [6.07, 6.45) is 1.70. The van der Waals surface area contributed by atoms with Gasteiger partial charge in [0, 0.05) is 17.5 Å². The minimum Gasteiger partial charge on any atom is -0.550 e. The third-order valence-electron chi connectivity index (χ3n) is 1.82. The summed E-state index contributed by atoms with van der Waals surface area (Å²) < 4.78 is 0. The number of rotatable bonds is 6. The van der Waals surface area contributed by atoms with Crippen LogP contribution in [-0.2, 0) is 40.2 Å². The van der Waals surface area contributed by atoms with E-state index in [2.05, 4.69) is 11.5 Å². The van der Waals surface area contributed by atoms with Gasteiger partial charge in [-0.25, -0.2) is 0 Å². The molecule has 0 fully saturated rings. The van der Waals surface area contributed by atoms with Crippen molar-refractivity contribution in [3.8, 4) is 0 Å². The van der Waals surface area contributed by atoms with Crippen molar-refractivity contribution in [2.75, 3.05) is 14.1 Å². The van der Waals surface area contributed by atoms with Crippen LogP contribution in [0.4, 0.5) is 0 Å². The first kappa shape index (κ1) is 40.1. The Labute approximate surface area is 174 Å². The van der Waals surface area contributed by atoms with Crippen molar-refractivity contribution in [3.05, 3.63) is 11.1 Å². The largest absolute Gasteiger partial charge is 4.00 e. The standard InChI is InChI=1S/C6H8O4.2C4H8O2.2CH5N.Pt/c1-3(2)4(5(7)8)6(9)10;2*1-2-3-4(5)6;2*1-2;/h1-2H3,(H,7,8)(H,9,10);2*2-3H2,1H3,(H,5,6);2*2H2,1H3;/q;;;;;+4/p-4. The van der Waals surface area contributed by atoms with Crippen LogP contribution in [0.2, 0.25) is 0 Å². The average molecular weight is 574 g/mol. The van der Waals surface area contributed by atoms with Gasteiger partial charge in [-0.2, -0.15) is 0 Å². The summed E-state index contributed by atoms with van der Waals surface area (Å²) >= 11 is 0. The summed E-state index contributed by atoms with van der Waals surface area (Å²) in [4.78, 5) is 39.0. The number of aliphatic carboxylic acids is 4. The van der Waals surface area contributed by atoms with Gasteiger partial charge in [0.1, 0.15) is 0 Å². The van der Waals surface area contributed by atoms with E-state index in [4.69, 9.17) is 0 Å². The Hall–Kier alpha value is -1.77. The first-order valence-electron chi connectivity index (χ1n) is 7.66. The predicted molar refractivity (Wildman–Crippen MR) is 88.4 cm³/mol. The fourth-order valence-corrected chi connectivity index (χ4v) is 0.900. The summed E-state index contributed by atoms with van der Waals surface area (Å²) in [6, 6.07) is 0. The molecule has 0 unspecified atom stereocenters. The smallest absolute Gasteiger partial charge is 0.550 e. The third kappa shape index (κ3) is 45.5. The Morgan fingerprint density at radius 2 is 0.889 bits per heavy atom. The molecule has 0 aliphatic rings. The first-order valence-corrected chi connectivity index (χ1v) is 7.66. The van der Waals surface area contributed by atoms with Gasteiger partial charge >= 0.3 is 21.1 Å². The van der Waals surface area contributed by atoms with Crippen molar-refractivity contribution in [2.45, 2.75) is 53.4 Å². The fourth-order valence-electron chi connectivity index (χ4n) is 0.900. The molecule has 0 bridgehead atoms. The molecule has 0 rings (SSSR count). The zero-order valence-corrected chi connectivity index (χ0v) is 18.8. The maximum Gasteiger partial charge on any atom is 4.00 e. The molecule has 0 aliphatic heterocycles. The zero-order valence-electron chi connectivity index (χ0n) is 16.6. The van der Waals surface area contributed by atoms with Crippen LogP contribution in [-0.4, -0.2) is 38.0 Å². The Morgan fingerprint density at radius 3 is 0.889 bits per heavy atom. The van der Waals surface area contributed by atoms with E-state index in [1.807, 2.05) is 0 Å². The second kappa shape index (κ2) is 31.9. The summed E-state index contributed by atoms with van der Waals surface area (Å²) in [5.74, 6) is -5.34. The summed E-state index contributed by atoms with van der Waals surface area (Å²) in [5, 5.41) is 39.0. The second-order valence-corrected chi connectivity index (χ2v) is 4.19. The third-order valence-corrected chi connectivity index (χ3v) is 1.82. The Bertz CT molecular complexity index is 391. The topological polar surface area (TPSA) is 213 Å². The monoisotopic (exact) mass is 573 g/mol. The number of hydrogen-bond acceptors (Lipinski definition) is 10. The molecule has 0 radical (unpaired) electrons. The summed E-state index contributed by atoms with van der Waals surface area (Å²) in [5.41, 5.74) is 8.39. The van der Waals surface area contributed by atoms with E-state index in [9.17, 15) is 39.6 Å². The minimum atomic E-state index is -1.71. The Morgan fingerprint density at radius 1 is 0.667 bits per heavy atom. The van der Waals surface area contributed by atoms with Gasteiger partial charge in [-0.05, 0) is 40.8 Å². The van der Waals surface area contributed by atoms with Crippen molar-refractivity contribution in [1.82, 2.24) is 0 Å². The van der Waals surface area contributed by atoms with Crippen LogP contribution >= 0.6 is 0 Å². The van der Waals surface area contributed by atoms with E-state index < -0.39 is 29.5 Å². The number of carbonyl (C=O) groups excluding carboxylic acids is 4. The molecule has 0 aromatic heterocycles. The molecule has 0 aromatic rings. The molecule has 4 N–H and O–H groups in total. The number of carboxylic acid groups (broad SMARTS) is 4. The molecule has 0 amide bonds. The molecule has 10 nitrogen and oxygen atoms in total. The molecule has 0 aliphatic carbocycles. The van der Waals surface area contributed by atoms with Crippen molar-refractivity contribution >= 4 is 23.9 Å². The van der Waals surface area contributed by atoms with Gasteiger partial charge in [0.2, 0.25) is 0 Å². The number of hydrogen-bond donors (Lipinski definition) is 2. The van der Waals surface area contributed by atoms with Gasteiger partial charge < -0.3 is 51.1 Å². The molecule has 27 heavy (non-hydrogen) atoms. The van der Waals surface area contributed by atoms with Gasteiger partial charge in [-0.3, -0.25) is 0 Å². The van der Waals surface area contributed by atoms with Crippen molar-refractivity contribution in [1.29, 1.82) is 0 Å². The van der Waals surface area contributed by atoms with E-state index in [0.717, 1.165) is 0 Å². The van der Waals surface area contributed by atoms with Crippen LogP contribution in [0, 0.1) is 0 Å². The van der Waals surface area contributed by atoms with Crippen molar-refractivity contribution in [2.24, 2.45) is 11.5 Å². The van der Waals surface area contributed by atoms with Gasteiger partial charge in [-0.15, -0.1) is 0 Å². The van der Waals surface area contributed by atoms with E-state index in [-0.39, 0.29) is 39.5 Å². The fraction of sp³-hybridized carbons (Fsp3) is 0.625. The quantitative estimate of drug-likeness (QED) is 0.179. The SMILES string of the molecule is CC(C)=C(C(=O)[O-])C(=O)[O-].CCCC(=O)[O-].CCCC(=O)[O-].CN.CN.[Pt+4]. The first-order chi connectivity index (χ1) is 12.0. The van der Waals surface area contributed by atoms with Crippen LogP contribution in [0.25, 0.3) is 0 Å². The summed E-state index contributed by atoms with van der Waals surface area (Å²) in [6.45, 7) is 6.33. The molecule has 0 saturated carbocycles. The number of allylic oxidation sites excluding steroid dienone is 1. The van der Waals surface area contributed by atoms with Crippen molar-refractivity contribution in [3.63, 3.8) is 0 Å². The minimum absolute atomic E-state index is 0. The van der Waals surface area contributed by atoms with Gasteiger partial charge in [0.05, 0.1) is 11.9 Å². The van der Waals surface area contributed by atoms with E-state index in [1.165, 1.54) is 27.9 Å². The molecular weight excluding hydrogens is 543 g/mol. The van der Waals surface area contributed by atoms with E-state index in [0.29, 0.717) is 12.8 Å². The number of nitrogens with two attached hydrogens (primary N) is 2. The zero-order chi connectivity index (χ0) is 22.3. The molecule has 162 valence electrons. The molecule has 0 atom stereocenters. The summed E-state index contributed by atoms with van der Waals surface area (Å²) in [7, 11) is 3.00. The molecule has 0 heterocycles. The molecule has 0 spiro atoms. The van der Waals surface area contributed by atoms with Crippen LogP contribution in [0.15, 0.2) is 11.1 Å². The number of carbonyl (C=O) groups is 4. The van der Waals surface area contributed by atoms with Crippen LogP contribution < -0.4 is 31.9 Å². The second-order valence-electron chi connectivity index (χ2n) is 4.19. The maximum atomic E-state index is 9.99.